The molecule has 1 aromatic heterocycles. The third-order valence-corrected chi connectivity index (χ3v) is 3.47. The zero-order valence-electron chi connectivity index (χ0n) is 6.94. The number of hydrogen-bond acceptors (Lipinski definition) is 6. The smallest absolute Gasteiger partial charge is 0.336 e. The summed E-state index contributed by atoms with van der Waals surface area (Å²) in [6.07, 6.45) is 0. The summed E-state index contributed by atoms with van der Waals surface area (Å²) in [5, 5.41) is -0.275. The summed E-state index contributed by atoms with van der Waals surface area (Å²) in [6, 6.07) is -0.225. The van der Waals surface area contributed by atoms with Gasteiger partial charge < -0.3 is 4.18 Å². The molecule has 1 heterocycles. The van der Waals surface area contributed by atoms with Crippen LogP contribution in [0.2, 0.25) is 10.6 Å². The van der Waals surface area contributed by atoms with Crippen molar-refractivity contribution in [2.45, 2.75) is 6.92 Å². The van der Waals surface area contributed by atoms with Gasteiger partial charge in [0.05, 0.1) is 5.75 Å². The van der Waals surface area contributed by atoms with E-state index in [0.29, 0.717) is 0 Å². The maximum Gasteiger partial charge on any atom is 0.336 e. The molecule has 14 heavy (non-hydrogen) atoms. The minimum atomic E-state index is -2.84. The van der Waals surface area contributed by atoms with Crippen molar-refractivity contribution in [3.05, 3.63) is 10.6 Å². The van der Waals surface area contributed by atoms with E-state index in [4.69, 9.17) is 27.4 Å². The molecule has 5 nitrogen and oxygen atoms in total. The lowest BCUT2D eigenvalue weighted by molar-refractivity contribution is 0.522. The zero-order valence-corrected chi connectivity index (χ0v) is 10.1. The Labute approximate surface area is 95.7 Å². The average molecular weight is 274 g/mol. The highest BCUT2D eigenvalue weighted by atomic mass is 35.5. The van der Waals surface area contributed by atoms with Gasteiger partial charge in [-0.15, -0.1) is 0 Å². The van der Waals surface area contributed by atoms with Gasteiger partial charge in [0.2, 0.25) is 10.6 Å². The molecule has 1 rings (SSSR count). The summed E-state index contributed by atoms with van der Waals surface area (Å²) in [7, 11) is -2.84. The fourth-order valence-electron chi connectivity index (χ4n) is 0.519. The van der Waals surface area contributed by atoms with Crippen molar-refractivity contribution in [2.75, 3.05) is 5.75 Å². The molecule has 0 aliphatic carbocycles. The van der Waals surface area contributed by atoms with E-state index in [2.05, 4.69) is 26.1 Å². The molecule has 0 aromatic carbocycles. The molecule has 9 heteroatoms. The molecule has 0 saturated carbocycles. The molecule has 1 unspecified atom stereocenters. The largest absolute Gasteiger partial charge is 0.362 e. The predicted octanol–water partition coefficient (Wildman–Crippen LogP) is 1.24. The van der Waals surface area contributed by atoms with E-state index in [1.54, 1.807) is 6.92 Å². The van der Waals surface area contributed by atoms with E-state index in [1.807, 2.05) is 0 Å². The summed E-state index contributed by atoms with van der Waals surface area (Å²) in [4.78, 5) is 10.6. The van der Waals surface area contributed by atoms with Gasteiger partial charge in [-0.1, -0.05) is 6.92 Å². The molecular formula is C5H5Cl2N3O2S2. The summed E-state index contributed by atoms with van der Waals surface area (Å²) in [5.41, 5.74) is 0. The number of aromatic nitrogens is 3. The molecule has 0 spiro atoms. The standard InChI is InChI=1S/C5H5Cl2N3O2S2/c1-2-14(11,13)12-5-9-3(6)8-4(7)10-5/h2H2,1H3. The number of nitrogens with zero attached hydrogens (tertiary/aromatic N) is 3. The molecule has 1 atom stereocenters. The Morgan fingerprint density at radius 1 is 1.36 bits per heavy atom. The number of hydrogen-bond donors (Lipinski definition) is 0. The van der Waals surface area contributed by atoms with Crippen LogP contribution in [0.5, 0.6) is 6.01 Å². The Balaban J connectivity index is 2.98. The third kappa shape index (κ3) is 3.49. The van der Waals surface area contributed by atoms with Gasteiger partial charge in [0, 0.05) is 11.2 Å². The summed E-state index contributed by atoms with van der Waals surface area (Å²) >= 11 is 15.6. The summed E-state index contributed by atoms with van der Waals surface area (Å²) in [6.45, 7) is 1.62. The molecule has 0 aliphatic rings. The van der Waals surface area contributed by atoms with E-state index in [0.717, 1.165) is 0 Å². The second kappa shape index (κ2) is 4.52. The lowest BCUT2D eigenvalue weighted by Gasteiger charge is -2.04. The molecule has 0 saturated heterocycles. The van der Waals surface area contributed by atoms with E-state index in [9.17, 15) is 4.21 Å². The van der Waals surface area contributed by atoms with Gasteiger partial charge in [0.25, 0.3) is 0 Å². The van der Waals surface area contributed by atoms with Crippen LogP contribution in [0.25, 0.3) is 0 Å². The normalized spacial score (nSPS) is 14.8. The highest BCUT2D eigenvalue weighted by Gasteiger charge is 2.10. The van der Waals surface area contributed by atoms with Crippen molar-refractivity contribution in [3.63, 3.8) is 0 Å². The van der Waals surface area contributed by atoms with Gasteiger partial charge in [-0.2, -0.15) is 15.0 Å². The van der Waals surface area contributed by atoms with Crippen LogP contribution in [-0.2, 0) is 20.0 Å². The van der Waals surface area contributed by atoms with Crippen molar-refractivity contribution in [3.8, 4) is 6.01 Å². The molecule has 1 aromatic rings. The Hall–Kier alpha value is -0.240. The van der Waals surface area contributed by atoms with E-state index in [-0.39, 0.29) is 22.3 Å². The van der Waals surface area contributed by atoms with Gasteiger partial charge in [0.1, 0.15) is 0 Å². The van der Waals surface area contributed by atoms with E-state index < -0.39 is 8.77 Å². The zero-order chi connectivity index (χ0) is 10.8. The molecule has 0 fully saturated rings. The van der Waals surface area contributed by atoms with Crippen LogP contribution < -0.4 is 4.18 Å². The second-order valence-corrected chi connectivity index (χ2v) is 6.14. The predicted molar refractivity (Wildman–Crippen MR) is 56.5 cm³/mol. The molecular weight excluding hydrogens is 269 g/mol. The lowest BCUT2D eigenvalue weighted by Crippen LogP contribution is -2.12. The van der Waals surface area contributed by atoms with Gasteiger partial charge in [-0.3, -0.25) is 0 Å². The van der Waals surface area contributed by atoms with Crippen molar-refractivity contribution >= 4 is 43.2 Å². The van der Waals surface area contributed by atoms with Crippen LogP contribution in [0.15, 0.2) is 0 Å². The van der Waals surface area contributed by atoms with Crippen LogP contribution in [0.4, 0.5) is 0 Å². The Kier molecular flexibility index (Phi) is 3.82. The van der Waals surface area contributed by atoms with Crippen LogP contribution in [0, 0.1) is 0 Å². The van der Waals surface area contributed by atoms with Crippen LogP contribution in [-0.4, -0.2) is 24.9 Å². The van der Waals surface area contributed by atoms with Crippen molar-refractivity contribution in [2.24, 2.45) is 0 Å². The first-order chi connectivity index (χ1) is 6.43. The fourth-order valence-corrected chi connectivity index (χ4v) is 1.47. The minimum absolute atomic E-state index is 0.138. The maximum absolute atomic E-state index is 11.4. The Bertz CT molecular complexity index is 416. The van der Waals surface area contributed by atoms with Gasteiger partial charge in [0.15, 0.2) is 8.77 Å². The molecule has 0 radical (unpaired) electrons. The van der Waals surface area contributed by atoms with Crippen molar-refractivity contribution in [1.82, 2.24) is 15.0 Å². The first-order valence-corrected chi connectivity index (χ1v) is 6.75. The van der Waals surface area contributed by atoms with Crippen molar-refractivity contribution in [1.29, 1.82) is 0 Å². The quantitative estimate of drug-likeness (QED) is 0.826. The SMILES string of the molecule is CCS(=O)(=S)Oc1nc(Cl)nc(Cl)n1. The minimum Gasteiger partial charge on any atom is -0.362 e. The van der Waals surface area contributed by atoms with Crippen LogP contribution in [0.3, 0.4) is 0 Å². The van der Waals surface area contributed by atoms with Crippen molar-refractivity contribution < 1.29 is 8.39 Å². The van der Waals surface area contributed by atoms with Crippen LogP contribution in [0.1, 0.15) is 6.92 Å². The number of halogens is 2. The average Bonchev–Trinajstić information content (AvgIpc) is 2.01. The second-order valence-electron chi connectivity index (χ2n) is 2.09. The summed E-state index contributed by atoms with van der Waals surface area (Å²) < 4.78 is 16.2. The first kappa shape index (κ1) is 11.8. The first-order valence-electron chi connectivity index (χ1n) is 3.42. The molecule has 0 amide bonds. The maximum atomic E-state index is 11.4. The Morgan fingerprint density at radius 2 is 1.86 bits per heavy atom. The molecule has 0 N–H and O–H groups in total. The fraction of sp³-hybridized carbons (Fsp3) is 0.400. The highest BCUT2D eigenvalue weighted by Crippen LogP contribution is 2.13. The van der Waals surface area contributed by atoms with Gasteiger partial charge in [-0.25, -0.2) is 4.21 Å². The van der Waals surface area contributed by atoms with E-state index in [1.165, 1.54) is 0 Å². The molecule has 0 aliphatic heterocycles. The summed E-state index contributed by atoms with van der Waals surface area (Å²) in [5.74, 6) is 0.170. The van der Waals surface area contributed by atoms with Gasteiger partial charge in [-0.05, 0) is 23.2 Å². The highest BCUT2D eigenvalue weighted by molar-refractivity contribution is 8.30. The van der Waals surface area contributed by atoms with E-state index >= 15 is 0 Å². The molecule has 0 bridgehead atoms. The third-order valence-electron chi connectivity index (χ3n) is 1.12. The Morgan fingerprint density at radius 3 is 2.29 bits per heavy atom. The van der Waals surface area contributed by atoms with Gasteiger partial charge >= 0.3 is 6.01 Å². The molecule has 78 valence electrons. The topological polar surface area (TPSA) is 65.0 Å². The van der Waals surface area contributed by atoms with Crippen LogP contribution >= 0.6 is 23.2 Å². The lowest BCUT2D eigenvalue weighted by atomic mass is 11.0. The number of rotatable bonds is 3. The monoisotopic (exact) mass is 273 g/mol.